The van der Waals surface area contributed by atoms with Crippen molar-refractivity contribution in [1.82, 2.24) is 4.98 Å². The highest BCUT2D eigenvalue weighted by Gasteiger charge is 2.12. The van der Waals surface area contributed by atoms with Gasteiger partial charge in [0.15, 0.2) is 5.78 Å². The minimum atomic E-state index is 0.0359. The van der Waals surface area contributed by atoms with Crippen molar-refractivity contribution in [1.29, 1.82) is 0 Å². The number of ether oxygens (including phenoxy) is 1. The van der Waals surface area contributed by atoms with Crippen LogP contribution in [0.25, 0.3) is 0 Å². The van der Waals surface area contributed by atoms with E-state index in [1.54, 1.807) is 0 Å². The largest absolute Gasteiger partial charge is 0.377 e. The Morgan fingerprint density at radius 1 is 1.58 bits per heavy atom. The average Bonchev–Trinajstić information content (AvgIpc) is 2.32. The minimum absolute atomic E-state index is 0.0359. The predicted molar refractivity (Wildman–Crippen MR) is 46.5 cm³/mol. The molecule has 1 heterocycles. The van der Waals surface area contributed by atoms with Crippen LogP contribution >= 0.6 is 0 Å². The number of carbonyl (C=O) groups is 1. The molecule has 0 radical (unpaired) electrons. The summed E-state index contributed by atoms with van der Waals surface area (Å²) in [7, 11) is 1.52. The molecule has 3 nitrogen and oxygen atoms in total. The van der Waals surface area contributed by atoms with E-state index < -0.39 is 0 Å². The first-order valence-electron chi connectivity index (χ1n) is 3.83. The molecule has 1 aromatic rings. The molecule has 0 saturated carbocycles. The fraction of sp³-hybridized carbons (Fsp3) is 0.444. The van der Waals surface area contributed by atoms with E-state index in [0.29, 0.717) is 0 Å². The summed E-state index contributed by atoms with van der Waals surface area (Å²) in [5.41, 5.74) is 2.65. The number of aromatic amines is 1. The Balaban J connectivity index is 2.93. The number of aryl methyl sites for hydroxylation is 2. The van der Waals surface area contributed by atoms with E-state index in [4.69, 9.17) is 4.74 Å². The molecule has 0 spiro atoms. The lowest BCUT2D eigenvalue weighted by molar-refractivity contribution is 0.0847. The van der Waals surface area contributed by atoms with Crippen LogP contribution < -0.4 is 0 Å². The number of hydrogen-bond acceptors (Lipinski definition) is 2. The van der Waals surface area contributed by atoms with E-state index in [9.17, 15) is 4.79 Å². The average molecular weight is 167 g/mol. The molecule has 3 heteroatoms. The van der Waals surface area contributed by atoms with Crippen LogP contribution in [0.4, 0.5) is 0 Å². The minimum Gasteiger partial charge on any atom is -0.377 e. The number of nitrogens with one attached hydrogen (secondary N) is 1. The highest BCUT2D eigenvalue weighted by atomic mass is 16.5. The maximum Gasteiger partial charge on any atom is 0.190 e. The monoisotopic (exact) mass is 167 g/mol. The zero-order valence-electron chi connectivity index (χ0n) is 7.60. The third-order valence-corrected chi connectivity index (χ3v) is 1.83. The fourth-order valence-electron chi connectivity index (χ4n) is 1.29. The number of H-pyrrole nitrogens is 1. The maximum atomic E-state index is 11.4. The van der Waals surface area contributed by atoms with Crippen molar-refractivity contribution >= 4 is 5.78 Å². The van der Waals surface area contributed by atoms with Crippen molar-refractivity contribution in [3.8, 4) is 0 Å². The van der Waals surface area contributed by atoms with Gasteiger partial charge in [-0.25, -0.2) is 0 Å². The summed E-state index contributed by atoms with van der Waals surface area (Å²) >= 11 is 0. The Morgan fingerprint density at radius 3 is 2.67 bits per heavy atom. The Morgan fingerprint density at radius 2 is 2.25 bits per heavy atom. The van der Waals surface area contributed by atoms with Gasteiger partial charge in [-0.15, -0.1) is 0 Å². The fourth-order valence-corrected chi connectivity index (χ4v) is 1.29. The zero-order valence-corrected chi connectivity index (χ0v) is 7.60. The van der Waals surface area contributed by atoms with Crippen LogP contribution in [0.2, 0.25) is 0 Å². The molecule has 0 aliphatic heterocycles. The van der Waals surface area contributed by atoms with Gasteiger partial charge in [-0.3, -0.25) is 4.79 Å². The molecule has 1 rings (SSSR count). The van der Waals surface area contributed by atoms with Crippen molar-refractivity contribution in [2.75, 3.05) is 13.7 Å². The van der Waals surface area contributed by atoms with Crippen LogP contribution in [0.5, 0.6) is 0 Å². The third-order valence-electron chi connectivity index (χ3n) is 1.83. The molecule has 0 unspecified atom stereocenters. The number of methoxy groups -OCH3 is 1. The number of carbonyl (C=O) groups excluding carboxylic acids is 1. The second-order valence-corrected chi connectivity index (χ2v) is 2.83. The number of aromatic nitrogens is 1. The highest BCUT2D eigenvalue weighted by molar-refractivity contribution is 5.99. The van der Waals surface area contributed by atoms with Crippen molar-refractivity contribution in [2.24, 2.45) is 0 Å². The molecule has 0 aliphatic carbocycles. The van der Waals surface area contributed by atoms with Crippen LogP contribution in [-0.2, 0) is 4.74 Å². The molecule has 0 aliphatic rings. The van der Waals surface area contributed by atoms with Crippen LogP contribution in [0.15, 0.2) is 6.20 Å². The van der Waals surface area contributed by atoms with E-state index in [2.05, 4.69) is 4.98 Å². The molecule has 66 valence electrons. The third kappa shape index (κ3) is 1.56. The number of Topliss-reactive ketones (excluding diaryl/α,β-unsaturated/α-hetero) is 1. The van der Waals surface area contributed by atoms with Gasteiger partial charge in [-0.1, -0.05) is 0 Å². The molecule has 0 atom stereocenters. The van der Waals surface area contributed by atoms with Crippen LogP contribution in [-0.4, -0.2) is 24.5 Å². The SMILES string of the molecule is COCC(=O)c1c(C)c[nH]c1C. The number of ketones is 1. The summed E-state index contributed by atoms with van der Waals surface area (Å²) in [4.78, 5) is 14.4. The van der Waals surface area contributed by atoms with Crippen LogP contribution in [0, 0.1) is 13.8 Å². The van der Waals surface area contributed by atoms with E-state index in [1.807, 2.05) is 20.0 Å². The van der Waals surface area contributed by atoms with Gasteiger partial charge < -0.3 is 9.72 Å². The summed E-state index contributed by atoms with van der Waals surface area (Å²) in [6.07, 6.45) is 1.83. The van der Waals surface area contributed by atoms with Crippen molar-refractivity contribution in [3.05, 3.63) is 23.0 Å². The van der Waals surface area contributed by atoms with Gasteiger partial charge in [0.2, 0.25) is 0 Å². The highest BCUT2D eigenvalue weighted by Crippen LogP contribution is 2.12. The molecule has 1 N–H and O–H groups in total. The molecular weight excluding hydrogens is 154 g/mol. The van der Waals surface area contributed by atoms with Gasteiger partial charge in [-0.2, -0.15) is 0 Å². The first kappa shape index (κ1) is 9.00. The van der Waals surface area contributed by atoms with E-state index >= 15 is 0 Å². The van der Waals surface area contributed by atoms with Crippen LogP contribution in [0.3, 0.4) is 0 Å². The smallest absolute Gasteiger partial charge is 0.190 e. The summed E-state index contributed by atoms with van der Waals surface area (Å²) < 4.78 is 4.77. The topological polar surface area (TPSA) is 42.1 Å². The van der Waals surface area contributed by atoms with E-state index in [0.717, 1.165) is 16.8 Å². The molecule has 0 bridgehead atoms. The molecular formula is C9H13NO2. The van der Waals surface area contributed by atoms with Crippen molar-refractivity contribution in [2.45, 2.75) is 13.8 Å². The first-order chi connectivity index (χ1) is 5.66. The molecule has 1 aromatic heterocycles. The Bertz CT molecular complexity index is 269. The van der Waals surface area contributed by atoms with Gasteiger partial charge in [0.25, 0.3) is 0 Å². The summed E-state index contributed by atoms with van der Waals surface area (Å²) in [6.45, 7) is 3.95. The lowest BCUT2D eigenvalue weighted by Gasteiger charge is -1.99. The first-order valence-corrected chi connectivity index (χ1v) is 3.83. The van der Waals surface area contributed by atoms with E-state index in [-0.39, 0.29) is 12.4 Å². The van der Waals surface area contributed by atoms with Gasteiger partial charge in [0, 0.05) is 24.6 Å². The summed E-state index contributed by atoms with van der Waals surface area (Å²) in [5.74, 6) is 0.0359. The van der Waals surface area contributed by atoms with Gasteiger partial charge in [-0.05, 0) is 19.4 Å². The summed E-state index contributed by atoms with van der Waals surface area (Å²) in [5, 5.41) is 0. The normalized spacial score (nSPS) is 10.2. The molecule has 0 fully saturated rings. The van der Waals surface area contributed by atoms with Crippen molar-refractivity contribution in [3.63, 3.8) is 0 Å². The number of rotatable bonds is 3. The molecule has 0 amide bonds. The Kier molecular flexibility index (Phi) is 2.65. The standard InChI is InChI=1S/C9H13NO2/c1-6-4-10-7(2)9(6)8(11)5-12-3/h4,10H,5H2,1-3H3. The second-order valence-electron chi connectivity index (χ2n) is 2.83. The maximum absolute atomic E-state index is 11.4. The Labute approximate surface area is 71.7 Å². The van der Waals surface area contributed by atoms with Crippen LogP contribution in [0.1, 0.15) is 21.6 Å². The van der Waals surface area contributed by atoms with E-state index in [1.165, 1.54) is 7.11 Å². The second kappa shape index (κ2) is 3.54. The molecule has 0 saturated heterocycles. The predicted octanol–water partition coefficient (Wildman–Crippen LogP) is 1.46. The zero-order chi connectivity index (χ0) is 9.14. The van der Waals surface area contributed by atoms with Gasteiger partial charge in [0.05, 0.1) is 0 Å². The molecule has 12 heavy (non-hydrogen) atoms. The lowest BCUT2D eigenvalue weighted by Crippen LogP contribution is -2.08. The lowest BCUT2D eigenvalue weighted by atomic mass is 10.1. The van der Waals surface area contributed by atoms with Crippen molar-refractivity contribution < 1.29 is 9.53 Å². The summed E-state index contributed by atoms with van der Waals surface area (Å²) in [6, 6.07) is 0. The Hall–Kier alpha value is -1.09. The number of hydrogen-bond donors (Lipinski definition) is 1. The quantitative estimate of drug-likeness (QED) is 0.692. The van der Waals surface area contributed by atoms with Gasteiger partial charge in [0.1, 0.15) is 6.61 Å². The molecule has 0 aromatic carbocycles. The van der Waals surface area contributed by atoms with Gasteiger partial charge >= 0.3 is 0 Å².